The topological polar surface area (TPSA) is 79.4 Å². The Bertz CT molecular complexity index is 1250. The van der Waals surface area contributed by atoms with Gasteiger partial charge >= 0.3 is 0 Å². The van der Waals surface area contributed by atoms with Crippen molar-refractivity contribution < 1.29 is 8.78 Å². The highest BCUT2D eigenvalue weighted by atomic mass is 19.1. The highest BCUT2D eigenvalue weighted by Crippen LogP contribution is 2.33. The van der Waals surface area contributed by atoms with Crippen LogP contribution in [-0.4, -0.2) is 40.8 Å². The van der Waals surface area contributed by atoms with E-state index in [4.69, 9.17) is 10.7 Å². The first-order valence-electron chi connectivity index (χ1n) is 11.2. The van der Waals surface area contributed by atoms with Crippen molar-refractivity contribution in [2.75, 3.05) is 25.5 Å². The Kier molecular flexibility index (Phi) is 6.98. The monoisotopic (exact) mass is 462 g/mol. The number of pyridine rings is 2. The highest BCUT2D eigenvalue weighted by molar-refractivity contribution is 6.04. The first kappa shape index (κ1) is 23.5. The van der Waals surface area contributed by atoms with Crippen LogP contribution in [0.4, 0.5) is 20.3 Å². The Morgan fingerprint density at radius 2 is 1.91 bits per heavy atom. The average Bonchev–Trinajstić information content (AvgIpc) is 2.82. The van der Waals surface area contributed by atoms with Gasteiger partial charge < -0.3 is 16.0 Å². The Balaban J connectivity index is 1.97. The maximum atomic E-state index is 15.4. The summed E-state index contributed by atoms with van der Waals surface area (Å²) in [5, 5.41) is 3.17. The van der Waals surface area contributed by atoms with Crippen LogP contribution in [0.3, 0.4) is 0 Å². The van der Waals surface area contributed by atoms with E-state index in [1.165, 1.54) is 18.2 Å². The van der Waals surface area contributed by atoms with Gasteiger partial charge in [-0.1, -0.05) is 25.1 Å². The summed E-state index contributed by atoms with van der Waals surface area (Å²) in [7, 11) is 1.89. The number of hydrogen-bond acceptors (Lipinski definition) is 6. The fourth-order valence-corrected chi connectivity index (χ4v) is 3.92. The molecule has 3 heterocycles. The fraction of sp³-hybridized carbons (Fsp3) is 0.269. The third-order valence-corrected chi connectivity index (χ3v) is 5.81. The van der Waals surface area contributed by atoms with Gasteiger partial charge in [0.2, 0.25) is 0 Å². The lowest BCUT2D eigenvalue weighted by Gasteiger charge is -2.25. The first-order chi connectivity index (χ1) is 16.4. The van der Waals surface area contributed by atoms with E-state index < -0.39 is 11.6 Å². The highest BCUT2D eigenvalue weighted by Gasteiger charge is 2.23. The second kappa shape index (κ2) is 10.1. The number of amidine groups is 1. The summed E-state index contributed by atoms with van der Waals surface area (Å²) in [6.45, 7) is 5.13. The molecule has 8 heteroatoms. The minimum atomic E-state index is -0.636. The van der Waals surface area contributed by atoms with Crippen LogP contribution in [0.5, 0.6) is 0 Å². The number of allylic oxidation sites excluding steroid dienone is 1. The molecule has 4 rings (SSSR count). The lowest BCUT2D eigenvalue weighted by Crippen LogP contribution is -2.31. The lowest BCUT2D eigenvalue weighted by molar-refractivity contribution is 0.492. The van der Waals surface area contributed by atoms with Crippen molar-refractivity contribution in [2.45, 2.75) is 26.2 Å². The number of rotatable bonds is 4. The van der Waals surface area contributed by atoms with Crippen LogP contribution in [0.15, 0.2) is 59.9 Å². The number of fused-ring (bicyclic) bond motifs is 2. The van der Waals surface area contributed by atoms with Gasteiger partial charge in [0.25, 0.3) is 0 Å². The van der Waals surface area contributed by atoms with Gasteiger partial charge in [-0.05, 0) is 55.9 Å². The van der Waals surface area contributed by atoms with Crippen molar-refractivity contribution in [2.24, 2.45) is 10.7 Å². The number of halogens is 2. The largest absolute Gasteiger partial charge is 0.359 e. The third-order valence-electron chi connectivity index (χ3n) is 5.81. The molecule has 2 aromatic heterocycles. The maximum Gasteiger partial charge on any atom is 0.150 e. The van der Waals surface area contributed by atoms with Crippen LogP contribution in [0.1, 0.15) is 36.1 Å². The fourth-order valence-electron chi connectivity index (χ4n) is 3.92. The SMILES string of the molecule is Cc1ccnc2c1N=C(N(C)CCCN)c1cc(F)c(-c3ccccc3F)nc1N/C=C\C2C. The molecule has 1 unspecified atom stereocenters. The molecule has 0 fully saturated rings. The van der Waals surface area contributed by atoms with Crippen molar-refractivity contribution in [3.8, 4) is 11.3 Å². The van der Waals surface area contributed by atoms with Crippen molar-refractivity contribution in [3.63, 3.8) is 0 Å². The van der Waals surface area contributed by atoms with Crippen molar-refractivity contribution in [1.29, 1.82) is 0 Å². The summed E-state index contributed by atoms with van der Waals surface area (Å²) >= 11 is 0. The van der Waals surface area contributed by atoms with Crippen LogP contribution in [0, 0.1) is 18.6 Å². The molecule has 0 radical (unpaired) electrons. The van der Waals surface area contributed by atoms with Crippen molar-refractivity contribution in [3.05, 3.63) is 83.3 Å². The number of aliphatic imine (C=N–C) groups is 1. The molecule has 0 saturated carbocycles. The Morgan fingerprint density at radius 1 is 1.12 bits per heavy atom. The lowest BCUT2D eigenvalue weighted by atomic mass is 10.0. The molecule has 0 spiro atoms. The molecule has 1 aliphatic heterocycles. The van der Waals surface area contributed by atoms with E-state index in [2.05, 4.69) is 15.3 Å². The zero-order chi connectivity index (χ0) is 24.2. The van der Waals surface area contributed by atoms with Gasteiger partial charge in [0.1, 0.15) is 29.0 Å². The molecule has 0 aliphatic carbocycles. The van der Waals surface area contributed by atoms with Gasteiger partial charge in [0.05, 0.1) is 16.9 Å². The third kappa shape index (κ3) is 4.68. The molecule has 0 amide bonds. The van der Waals surface area contributed by atoms with Crippen molar-refractivity contribution >= 4 is 17.3 Å². The molecule has 1 aromatic carbocycles. The molecule has 3 aromatic rings. The normalized spacial score (nSPS) is 16.1. The van der Waals surface area contributed by atoms with Gasteiger partial charge in [0.15, 0.2) is 0 Å². The number of aromatic nitrogens is 2. The molecule has 0 bridgehead atoms. The van der Waals surface area contributed by atoms with Crippen LogP contribution in [0.2, 0.25) is 0 Å². The summed E-state index contributed by atoms with van der Waals surface area (Å²) in [6, 6.07) is 9.28. The zero-order valence-corrected chi connectivity index (χ0v) is 19.5. The summed E-state index contributed by atoms with van der Waals surface area (Å²) in [6.07, 6.45) is 6.20. The van der Waals surface area contributed by atoms with Gasteiger partial charge in [0, 0.05) is 31.3 Å². The molecule has 176 valence electrons. The van der Waals surface area contributed by atoms with Gasteiger partial charge in [-0.3, -0.25) is 4.98 Å². The molecular formula is C26H28F2N6. The number of nitrogens with two attached hydrogens (primary N) is 1. The maximum absolute atomic E-state index is 15.4. The average molecular weight is 463 g/mol. The minimum Gasteiger partial charge on any atom is -0.359 e. The summed E-state index contributed by atoms with van der Waals surface area (Å²) in [5.74, 6) is -0.297. The van der Waals surface area contributed by atoms with E-state index in [0.717, 1.165) is 23.4 Å². The molecule has 34 heavy (non-hydrogen) atoms. The van der Waals surface area contributed by atoms with Crippen LogP contribution < -0.4 is 11.1 Å². The quantitative estimate of drug-likeness (QED) is 0.562. The standard InChI is InChI=1S/C26H28F2N6/c1-16-10-13-31-25-19(15-21(28)24(32-25)18-7-4-5-8-20(18)27)26(34(3)14-6-11-29)33-23-17(2)9-12-30-22(16)23/h4-5,7-10,12-13,15-16H,6,11,14,29H2,1-3H3,(H,31,32)/b13-10-,33-26?. The number of nitrogens with one attached hydrogen (secondary N) is 1. The summed E-state index contributed by atoms with van der Waals surface area (Å²) in [4.78, 5) is 16.0. The first-order valence-corrected chi connectivity index (χ1v) is 11.2. The Morgan fingerprint density at radius 3 is 2.68 bits per heavy atom. The van der Waals surface area contributed by atoms with Gasteiger partial charge in [-0.2, -0.15) is 0 Å². The van der Waals surface area contributed by atoms with Crippen LogP contribution in [-0.2, 0) is 0 Å². The second-order valence-corrected chi connectivity index (χ2v) is 8.35. The van der Waals surface area contributed by atoms with Crippen LogP contribution in [0.25, 0.3) is 11.3 Å². The number of hydrogen-bond donors (Lipinski definition) is 2. The minimum absolute atomic E-state index is 0.0326. The van der Waals surface area contributed by atoms with E-state index >= 15 is 4.39 Å². The number of nitrogens with zero attached hydrogens (tertiary/aromatic N) is 4. The zero-order valence-electron chi connectivity index (χ0n) is 19.5. The number of benzene rings is 1. The molecule has 1 aliphatic rings. The Hall–Kier alpha value is -3.65. The van der Waals surface area contributed by atoms with Gasteiger partial charge in [-0.15, -0.1) is 0 Å². The predicted molar refractivity (Wildman–Crippen MR) is 132 cm³/mol. The number of anilines is 1. The summed E-state index contributed by atoms with van der Waals surface area (Å²) in [5.41, 5.74) is 8.75. The van der Waals surface area contributed by atoms with E-state index in [-0.39, 0.29) is 17.2 Å². The van der Waals surface area contributed by atoms with Gasteiger partial charge in [-0.25, -0.2) is 18.8 Å². The Labute approximate surface area is 198 Å². The van der Waals surface area contributed by atoms with E-state index in [1.54, 1.807) is 24.5 Å². The molecular weight excluding hydrogens is 434 g/mol. The second-order valence-electron chi connectivity index (χ2n) is 8.35. The number of aryl methyl sites for hydroxylation is 1. The summed E-state index contributed by atoms with van der Waals surface area (Å²) < 4.78 is 29.9. The molecule has 3 N–H and O–H groups in total. The van der Waals surface area contributed by atoms with E-state index in [0.29, 0.717) is 30.3 Å². The van der Waals surface area contributed by atoms with E-state index in [9.17, 15) is 4.39 Å². The van der Waals surface area contributed by atoms with Crippen LogP contribution >= 0.6 is 0 Å². The van der Waals surface area contributed by atoms with Crippen molar-refractivity contribution in [1.82, 2.24) is 14.9 Å². The smallest absolute Gasteiger partial charge is 0.150 e. The van der Waals surface area contributed by atoms with E-state index in [1.807, 2.05) is 37.9 Å². The molecule has 0 saturated heterocycles. The molecule has 6 nitrogen and oxygen atoms in total. The predicted octanol–water partition coefficient (Wildman–Crippen LogP) is 5.13. The molecule has 1 atom stereocenters.